The lowest BCUT2D eigenvalue weighted by Gasteiger charge is -2.46. The van der Waals surface area contributed by atoms with E-state index in [1.807, 2.05) is 67.3 Å². The second-order valence-electron chi connectivity index (χ2n) is 8.09. The van der Waals surface area contributed by atoms with Crippen LogP contribution in [0.25, 0.3) is 0 Å². The molecule has 0 N–H and O–H groups in total. The molecule has 0 atom stereocenters. The third-order valence-electron chi connectivity index (χ3n) is 6.41. The molecule has 5 nitrogen and oxygen atoms in total. The van der Waals surface area contributed by atoms with Gasteiger partial charge in [0, 0.05) is 41.6 Å². The van der Waals surface area contributed by atoms with Crippen molar-refractivity contribution in [3.8, 4) is 0 Å². The molecule has 0 aliphatic carbocycles. The Balaban J connectivity index is 1.67. The Labute approximate surface area is 193 Å². The molecular weight excluding hydrogens is 422 g/mol. The van der Waals surface area contributed by atoms with Gasteiger partial charge in [0.1, 0.15) is 26.6 Å². The van der Waals surface area contributed by atoms with Crippen LogP contribution >= 0.6 is 0 Å². The number of aromatic nitrogens is 4. The Kier molecular flexibility index (Phi) is 3.86. The summed E-state index contributed by atoms with van der Waals surface area (Å²) >= 11 is 0. The largest absolute Gasteiger partial charge is 0.278 e. The summed E-state index contributed by atoms with van der Waals surface area (Å²) in [6.07, 6.45) is 7.46. The van der Waals surface area contributed by atoms with E-state index in [1.165, 1.54) is 10.4 Å². The van der Waals surface area contributed by atoms with Gasteiger partial charge in [-0.15, -0.1) is 0 Å². The normalized spacial score (nSPS) is 14.7. The number of benzene rings is 1. The Morgan fingerprint density at radius 1 is 0.545 bits per heavy atom. The van der Waals surface area contributed by atoms with E-state index < -0.39 is 5.41 Å². The van der Waals surface area contributed by atoms with Crippen LogP contribution in [0.1, 0.15) is 22.5 Å². The number of pyridine rings is 4. The highest BCUT2D eigenvalue weighted by Crippen LogP contribution is 2.55. The van der Waals surface area contributed by atoms with Gasteiger partial charge >= 0.3 is 0 Å². The van der Waals surface area contributed by atoms with Crippen molar-refractivity contribution in [3.05, 3.63) is 126 Å². The molecule has 0 fully saturated rings. The highest BCUT2D eigenvalue weighted by Gasteiger charge is 2.53. The van der Waals surface area contributed by atoms with Crippen LogP contribution in [0, 0.1) is 0 Å². The van der Waals surface area contributed by atoms with Gasteiger partial charge in [-0.2, -0.15) is 0 Å². The summed E-state index contributed by atoms with van der Waals surface area (Å²) in [5.41, 5.74) is 4.51. The minimum absolute atomic E-state index is 0.504. The molecular formula is C27H17N5Si. The fourth-order valence-electron chi connectivity index (χ4n) is 5.18. The predicted octanol–water partition coefficient (Wildman–Crippen LogP) is 3.40. The molecule has 2 radical (unpaired) electrons. The molecule has 0 unspecified atom stereocenters. The van der Waals surface area contributed by atoms with Gasteiger partial charge in [-0.05, 0) is 46.8 Å². The van der Waals surface area contributed by atoms with E-state index in [-0.39, 0.29) is 0 Å². The highest BCUT2D eigenvalue weighted by atomic mass is 28.2. The average Bonchev–Trinajstić information content (AvgIpc) is 2.89. The van der Waals surface area contributed by atoms with E-state index in [9.17, 15) is 0 Å². The lowest BCUT2D eigenvalue weighted by atomic mass is 9.67. The summed E-state index contributed by atoms with van der Waals surface area (Å²) in [5, 5.41) is 2.46. The van der Waals surface area contributed by atoms with Crippen molar-refractivity contribution >= 4 is 37.2 Å². The van der Waals surface area contributed by atoms with Crippen molar-refractivity contribution in [2.75, 3.05) is 4.90 Å². The first-order chi connectivity index (χ1) is 16.4. The molecule has 7 rings (SSSR count). The van der Waals surface area contributed by atoms with Gasteiger partial charge in [-0.1, -0.05) is 42.5 Å². The second kappa shape index (κ2) is 6.92. The van der Waals surface area contributed by atoms with E-state index in [0.717, 1.165) is 39.8 Å². The zero-order valence-corrected chi connectivity index (χ0v) is 18.6. The number of para-hydroxylation sites is 1. The Morgan fingerprint density at radius 3 is 1.64 bits per heavy atom. The molecule has 4 aromatic heterocycles. The first-order valence-electron chi connectivity index (χ1n) is 10.8. The molecule has 154 valence electrons. The molecule has 33 heavy (non-hydrogen) atoms. The van der Waals surface area contributed by atoms with Crippen LogP contribution in [0.5, 0.6) is 0 Å². The van der Waals surface area contributed by atoms with Gasteiger partial charge in [0.05, 0.1) is 11.4 Å². The van der Waals surface area contributed by atoms with Crippen LogP contribution < -0.4 is 15.3 Å². The molecule has 0 amide bonds. The lowest BCUT2D eigenvalue weighted by molar-refractivity contribution is 0.674. The molecule has 1 aromatic carbocycles. The summed E-state index contributed by atoms with van der Waals surface area (Å²) in [6, 6.07) is 27.1. The third-order valence-corrected chi connectivity index (χ3v) is 7.76. The first kappa shape index (κ1) is 18.4. The molecule has 6 heteroatoms. The molecule has 2 aliphatic heterocycles. The predicted molar refractivity (Wildman–Crippen MR) is 129 cm³/mol. The summed E-state index contributed by atoms with van der Waals surface area (Å²) in [5.74, 6) is 1.71. The van der Waals surface area contributed by atoms with Crippen LogP contribution in [-0.4, -0.2) is 29.5 Å². The van der Waals surface area contributed by atoms with Crippen molar-refractivity contribution < 1.29 is 0 Å². The molecule has 0 saturated heterocycles. The van der Waals surface area contributed by atoms with E-state index in [2.05, 4.69) is 41.3 Å². The number of nitrogens with zero attached hydrogens (tertiary/aromatic N) is 5. The van der Waals surface area contributed by atoms with Crippen molar-refractivity contribution in [1.82, 2.24) is 19.9 Å². The summed E-state index contributed by atoms with van der Waals surface area (Å²) in [6.45, 7) is 0. The maximum Gasteiger partial charge on any atom is 0.143 e. The topological polar surface area (TPSA) is 54.8 Å². The fraction of sp³-hybridized carbons (Fsp3) is 0.0370. The maximum absolute atomic E-state index is 4.98. The Bertz CT molecular complexity index is 1420. The maximum atomic E-state index is 4.98. The molecule has 1 spiro atoms. The first-order valence-corrected chi connectivity index (χ1v) is 11.8. The minimum atomic E-state index is -0.684. The standard InChI is InChI=1S/C27H17N5Si/c1-2-8-18(9-3-1)32-25-19(10-4-16-30-25)27(20-11-5-17-31-26(20)32)23-21(12-6-14-28-23)33-22-13-7-15-29-24(22)27/h1-17H. The molecule has 2 aliphatic rings. The van der Waals surface area contributed by atoms with Crippen LogP contribution in [0.2, 0.25) is 0 Å². The van der Waals surface area contributed by atoms with Crippen molar-refractivity contribution in [2.24, 2.45) is 0 Å². The van der Waals surface area contributed by atoms with Crippen molar-refractivity contribution in [1.29, 1.82) is 0 Å². The average molecular weight is 440 g/mol. The Hall–Kier alpha value is -4.16. The van der Waals surface area contributed by atoms with Crippen LogP contribution in [-0.2, 0) is 5.41 Å². The van der Waals surface area contributed by atoms with Gasteiger partial charge in [-0.3, -0.25) is 14.9 Å². The number of anilines is 3. The number of hydrogen-bond donors (Lipinski definition) is 0. The van der Waals surface area contributed by atoms with Crippen molar-refractivity contribution in [3.63, 3.8) is 0 Å². The highest BCUT2D eigenvalue weighted by molar-refractivity contribution is 6.69. The van der Waals surface area contributed by atoms with Gasteiger partial charge in [0.25, 0.3) is 0 Å². The molecule has 6 heterocycles. The summed E-state index contributed by atoms with van der Waals surface area (Å²) < 4.78 is 0. The minimum Gasteiger partial charge on any atom is -0.278 e. The van der Waals surface area contributed by atoms with E-state index in [4.69, 9.17) is 19.9 Å². The molecule has 0 saturated carbocycles. The van der Waals surface area contributed by atoms with E-state index in [1.54, 1.807) is 0 Å². The lowest BCUT2D eigenvalue weighted by Crippen LogP contribution is -2.53. The van der Waals surface area contributed by atoms with Gasteiger partial charge in [0.2, 0.25) is 0 Å². The second-order valence-corrected chi connectivity index (χ2v) is 9.42. The van der Waals surface area contributed by atoms with Gasteiger partial charge < -0.3 is 0 Å². The van der Waals surface area contributed by atoms with Crippen molar-refractivity contribution in [2.45, 2.75) is 5.41 Å². The summed E-state index contributed by atoms with van der Waals surface area (Å²) in [4.78, 5) is 21.9. The van der Waals surface area contributed by atoms with E-state index >= 15 is 0 Å². The quantitative estimate of drug-likeness (QED) is 0.367. The third kappa shape index (κ3) is 2.41. The zero-order chi connectivity index (χ0) is 21.8. The van der Waals surface area contributed by atoms with Crippen LogP contribution in [0.4, 0.5) is 17.3 Å². The fourth-order valence-corrected chi connectivity index (χ4v) is 6.57. The number of rotatable bonds is 1. The SMILES string of the molecule is c1ccc(N2c3ncccc3C3(c4cccnc42)c2ncccc2[Si]c2cccnc23)cc1. The van der Waals surface area contributed by atoms with Crippen LogP contribution in [0.3, 0.4) is 0 Å². The molecule has 5 aromatic rings. The number of hydrogen-bond acceptors (Lipinski definition) is 5. The van der Waals surface area contributed by atoms with Gasteiger partial charge in [-0.25, -0.2) is 9.97 Å². The number of fused-ring (bicyclic) bond motifs is 8. The monoisotopic (exact) mass is 439 g/mol. The smallest absolute Gasteiger partial charge is 0.143 e. The van der Waals surface area contributed by atoms with E-state index in [0.29, 0.717) is 9.52 Å². The van der Waals surface area contributed by atoms with Gasteiger partial charge in [0.15, 0.2) is 0 Å². The molecule has 0 bridgehead atoms. The zero-order valence-electron chi connectivity index (χ0n) is 17.6. The van der Waals surface area contributed by atoms with Crippen LogP contribution in [0.15, 0.2) is 104 Å². The summed E-state index contributed by atoms with van der Waals surface area (Å²) in [7, 11) is 0.504. The Morgan fingerprint density at radius 2 is 1.06 bits per heavy atom.